The predicted molar refractivity (Wildman–Crippen MR) is 142 cm³/mol. The van der Waals surface area contributed by atoms with Crippen molar-refractivity contribution in [3.8, 4) is 0 Å². The van der Waals surface area contributed by atoms with Crippen molar-refractivity contribution in [2.45, 2.75) is 63.6 Å². The van der Waals surface area contributed by atoms with E-state index in [2.05, 4.69) is 27.8 Å². The fourth-order valence-electron chi connectivity index (χ4n) is 6.14. The van der Waals surface area contributed by atoms with Crippen molar-refractivity contribution in [3.05, 3.63) is 82.6 Å². The number of carbonyl (C=O) groups excluding carboxylic acids is 3. The van der Waals surface area contributed by atoms with E-state index in [0.717, 1.165) is 47.0 Å². The molecule has 7 heteroatoms. The van der Waals surface area contributed by atoms with Crippen LogP contribution in [-0.2, 0) is 16.0 Å². The minimum absolute atomic E-state index is 0.150. The van der Waals surface area contributed by atoms with E-state index in [9.17, 15) is 14.4 Å². The average molecular weight is 497 g/mol. The highest BCUT2D eigenvalue weighted by Crippen LogP contribution is 2.46. The maximum absolute atomic E-state index is 13.6. The summed E-state index contributed by atoms with van der Waals surface area (Å²) in [4.78, 5) is 45.2. The first kappa shape index (κ1) is 23.5. The van der Waals surface area contributed by atoms with Gasteiger partial charge in [0.15, 0.2) is 0 Å². The van der Waals surface area contributed by atoms with Crippen molar-refractivity contribution in [3.63, 3.8) is 0 Å². The van der Waals surface area contributed by atoms with Gasteiger partial charge in [-0.1, -0.05) is 48.0 Å². The third kappa shape index (κ3) is 4.12. The Balaban J connectivity index is 1.23. The molecule has 3 aliphatic rings. The van der Waals surface area contributed by atoms with Crippen LogP contribution in [0.1, 0.15) is 72.2 Å². The molecule has 0 spiro atoms. The van der Waals surface area contributed by atoms with Gasteiger partial charge in [-0.2, -0.15) is 0 Å². The summed E-state index contributed by atoms with van der Waals surface area (Å²) >= 11 is 0. The fourth-order valence-corrected chi connectivity index (χ4v) is 6.14. The summed E-state index contributed by atoms with van der Waals surface area (Å²) in [6.07, 6.45) is 8.20. The summed E-state index contributed by atoms with van der Waals surface area (Å²) in [6.45, 7) is 2.26. The van der Waals surface area contributed by atoms with Crippen LogP contribution in [-0.4, -0.2) is 46.2 Å². The molecule has 3 heterocycles. The Morgan fingerprint density at radius 3 is 2.76 bits per heavy atom. The van der Waals surface area contributed by atoms with Crippen molar-refractivity contribution in [2.24, 2.45) is 0 Å². The van der Waals surface area contributed by atoms with Gasteiger partial charge in [0, 0.05) is 35.1 Å². The van der Waals surface area contributed by atoms with Crippen LogP contribution >= 0.6 is 0 Å². The first-order valence-electron chi connectivity index (χ1n) is 13.3. The quantitative estimate of drug-likeness (QED) is 0.448. The number of nitrogens with zero attached hydrogens (tertiary/aromatic N) is 1. The molecule has 3 amide bonds. The highest BCUT2D eigenvalue weighted by molar-refractivity contribution is 6.04. The van der Waals surface area contributed by atoms with Crippen LogP contribution in [0.25, 0.3) is 10.9 Å². The van der Waals surface area contributed by atoms with Gasteiger partial charge in [-0.3, -0.25) is 14.4 Å². The smallest absolute Gasteiger partial charge is 0.255 e. The third-order valence-electron chi connectivity index (χ3n) is 8.04. The van der Waals surface area contributed by atoms with Gasteiger partial charge in [-0.25, -0.2) is 0 Å². The number of hydrogen-bond acceptors (Lipinski definition) is 3. The van der Waals surface area contributed by atoms with Gasteiger partial charge in [-0.05, 0) is 62.3 Å². The zero-order chi connectivity index (χ0) is 25.5. The van der Waals surface area contributed by atoms with Crippen molar-refractivity contribution >= 4 is 28.6 Å². The van der Waals surface area contributed by atoms with Gasteiger partial charge in [-0.15, -0.1) is 0 Å². The Bertz CT molecular complexity index is 1420. The standard InChI is InChI=1S/C30H32N4O3/c1-18(28(35)31-16-15-19-9-3-2-4-10-19)32-29(36)25-17-23-20-11-7-8-14-24(20)33-26(23)27-21-12-5-6-13-22(21)30(37)34(25)27/h5-9,11-14,18,25,27,33H,2-4,10,15-17H2,1H3,(H,31,35)(H,32,36)/t18-,25+,27+/m0/s1. The van der Waals surface area contributed by atoms with E-state index in [-0.39, 0.29) is 23.8 Å². The van der Waals surface area contributed by atoms with Gasteiger partial charge in [0.1, 0.15) is 12.1 Å². The highest BCUT2D eigenvalue weighted by atomic mass is 16.2. The van der Waals surface area contributed by atoms with E-state index >= 15 is 0 Å². The fraction of sp³-hybridized carbons (Fsp3) is 0.367. The van der Waals surface area contributed by atoms with Crippen LogP contribution in [0.3, 0.4) is 0 Å². The lowest BCUT2D eigenvalue weighted by atomic mass is 9.90. The van der Waals surface area contributed by atoms with E-state index in [1.54, 1.807) is 11.8 Å². The Labute approximate surface area is 216 Å². The molecule has 7 nitrogen and oxygen atoms in total. The van der Waals surface area contributed by atoms with Crippen LogP contribution in [0, 0.1) is 0 Å². The maximum Gasteiger partial charge on any atom is 0.255 e. The molecule has 2 aliphatic heterocycles. The molecule has 0 unspecified atom stereocenters. The zero-order valence-corrected chi connectivity index (χ0v) is 21.0. The molecule has 1 aliphatic carbocycles. The number of rotatable bonds is 6. The van der Waals surface area contributed by atoms with Gasteiger partial charge in [0.2, 0.25) is 11.8 Å². The maximum atomic E-state index is 13.6. The molecule has 6 rings (SSSR count). The second-order valence-corrected chi connectivity index (χ2v) is 10.4. The van der Waals surface area contributed by atoms with Gasteiger partial charge in [0.25, 0.3) is 5.91 Å². The lowest BCUT2D eigenvalue weighted by Crippen LogP contribution is -2.56. The molecule has 0 saturated heterocycles. The van der Waals surface area contributed by atoms with Crippen molar-refractivity contribution < 1.29 is 14.4 Å². The van der Waals surface area contributed by atoms with E-state index in [1.165, 1.54) is 18.4 Å². The monoisotopic (exact) mass is 496 g/mol. The van der Waals surface area contributed by atoms with Gasteiger partial charge in [0.05, 0.1) is 6.04 Å². The number of para-hydroxylation sites is 1. The van der Waals surface area contributed by atoms with E-state index in [4.69, 9.17) is 0 Å². The van der Waals surface area contributed by atoms with Crippen LogP contribution < -0.4 is 10.6 Å². The normalized spacial score (nSPS) is 21.1. The van der Waals surface area contributed by atoms with Crippen molar-refractivity contribution in [2.75, 3.05) is 6.54 Å². The van der Waals surface area contributed by atoms with Crippen LogP contribution in [0.4, 0.5) is 0 Å². The predicted octanol–water partition coefficient (Wildman–Crippen LogP) is 4.15. The number of nitrogens with one attached hydrogen (secondary N) is 3. The largest absolute Gasteiger partial charge is 0.356 e. The molecule has 37 heavy (non-hydrogen) atoms. The topological polar surface area (TPSA) is 94.3 Å². The molecule has 0 bridgehead atoms. The SMILES string of the molecule is C[C@H](NC(=O)[C@H]1Cc2c([nH]c3ccccc23)[C@H]2c3ccccc3C(=O)N21)C(=O)NCCC1=CCCCC1. The molecule has 0 radical (unpaired) electrons. The van der Waals surface area contributed by atoms with Crippen LogP contribution in [0.2, 0.25) is 0 Å². The second kappa shape index (κ2) is 9.54. The van der Waals surface area contributed by atoms with Gasteiger partial charge >= 0.3 is 0 Å². The van der Waals surface area contributed by atoms with E-state index < -0.39 is 12.1 Å². The Morgan fingerprint density at radius 2 is 1.92 bits per heavy atom. The number of H-pyrrole nitrogens is 1. The average Bonchev–Trinajstić information content (AvgIpc) is 3.44. The lowest BCUT2D eigenvalue weighted by Gasteiger charge is -2.37. The van der Waals surface area contributed by atoms with E-state index in [1.807, 2.05) is 42.5 Å². The number of allylic oxidation sites excluding steroid dienone is 1. The number of hydrogen-bond donors (Lipinski definition) is 3. The molecule has 190 valence electrons. The minimum Gasteiger partial charge on any atom is -0.356 e. The molecule has 3 N–H and O–H groups in total. The first-order valence-corrected chi connectivity index (χ1v) is 13.3. The summed E-state index contributed by atoms with van der Waals surface area (Å²) < 4.78 is 0. The number of aromatic amines is 1. The molecule has 1 aromatic heterocycles. The Morgan fingerprint density at radius 1 is 1.11 bits per heavy atom. The molecular weight excluding hydrogens is 464 g/mol. The summed E-state index contributed by atoms with van der Waals surface area (Å²) in [5.74, 6) is -0.663. The third-order valence-corrected chi connectivity index (χ3v) is 8.04. The molecule has 0 saturated carbocycles. The number of carbonyl (C=O) groups is 3. The molecule has 3 aromatic rings. The van der Waals surface area contributed by atoms with E-state index in [0.29, 0.717) is 18.5 Å². The summed E-state index contributed by atoms with van der Waals surface area (Å²) in [7, 11) is 0. The molecule has 2 aromatic carbocycles. The second-order valence-electron chi connectivity index (χ2n) is 10.4. The summed E-state index contributed by atoms with van der Waals surface area (Å²) in [5, 5.41) is 6.93. The Kier molecular flexibility index (Phi) is 6.07. The number of benzene rings is 2. The first-order chi connectivity index (χ1) is 18.0. The highest BCUT2D eigenvalue weighted by Gasteiger charge is 2.49. The number of amides is 3. The van der Waals surface area contributed by atoms with Crippen molar-refractivity contribution in [1.82, 2.24) is 20.5 Å². The number of aromatic nitrogens is 1. The molecule has 0 fully saturated rings. The Hall–Kier alpha value is -3.87. The molecular formula is C30H32N4O3. The summed E-state index contributed by atoms with van der Waals surface area (Å²) in [5.41, 5.74) is 5.94. The zero-order valence-electron chi connectivity index (χ0n) is 21.0. The van der Waals surface area contributed by atoms with Crippen molar-refractivity contribution in [1.29, 1.82) is 0 Å². The van der Waals surface area contributed by atoms with Gasteiger partial charge < -0.3 is 20.5 Å². The minimum atomic E-state index is -0.709. The van der Waals surface area contributed by atoms with Crippen LogP contribution in [0.15, 0.2) is 60.2 Å². The lowest BCUT2D eigenvalue weighted by molar-refractivity contribution is -0.131. The number of fused-ring (bicyclic) bond motifs is 7. The van der Waals surface area contributed by atoms with Crippen LogP contribution in [0.5, 0.6) is 0 Å². The molecule has 3 atom stereocenters. The summed E-state index contributed by atoms with van der Waals surface area (Å²) in [6, 6.07) is 13.8.